The van der Waals surface area contributed by atoms with Gasteiger partial charge in [0.25, 0.3) is 0 Å². The summed E-state index contributed by atoms with van der Waals surface area (Å²) in [6, 6.07) is 2.50. The topological polar surface area (TPSA) is 97.2 Å². The number of carbonyl (C=O) groups excluding carboxylic acids is 1. The molecular weight excluding hydrogens is 460 g/mol. The number of benzene rings is 1. The van der Waals surface area contributed by atoms with Crippen molar-refractivity contribution >= 4 is 32.4 Å². The van der Waals surface area contributed by atoms with Crippen LogP contribution in [0.25, 0.3) is 10.7 Å². The largest absolute Gasteiger partial charge is 0.333 e. The predicted octanol–water partition coefficient (Wildman–Crippen LogP) is 3.17. The Hall–Kier alpha value is -2.70. The van der Waals surface area contributed by atoms with Crippen LogP contribution in [0.15, 0.2) is 35.5 Å². The lowest BCUT2D eigenvalue weighted by atomic mass is 9.97. The van der Waals surface area contributed by atoms with Gasteiger partial charge in [0.15, 0.2) is 22.6 Å². The van der Waals surface area contributed by atoms with E-state index < -0.39 is 21.7 Å². The number of anilines is 1. The van der Waals surface area contributed by atoms with Gasteiger partial charge in [-0.3, -0.25) is 4.79 Å². The molecule has 1 amide bonds. The van der Waals surface area contributed by atoms with Crippen molar-refractivity contribution < 1.29 is 22.0 Å². The molecule has 0 radical (unpaired) electrons. The van der Waals surface area contributed by atoms with Crippen LogP contribution in [0.5, 0.6) is 0 Å². The molecule has 0 aliphatic carbocycles. The first-order valence-electron chi connectivity index (χ1n) is 9.88. The first kappa shape index (κ1) is 22.5. The summed E-state index contributed by atoms with van der Waals surface area (Å²) in [7, 11) is -2.09. The molecule has 4 rings (SSSR count). The maximum atomic E-state index is 13.5. The van der Waals surface area contributed by atoms with Crippen LogP contribution < -0.4 is 5.32 Å². The Morgan fingerprint density at radius 2 is 1.94 bits per heavy atom. The molecule has 1 saturated heterocycles. The number of aryl methyl sites for hydroxylation is 2. The zero-order valence-corrected chi connectivity index (χ0v) is 19.0. The van der Waals surface area contributed by atoms with Crippen LogP contribution in [-0.2, 0) is 21.9 Å². The number of amides is 1. The van der Waals surface area contributed by atoms with Gasteiger partial charge < -0.3 is 9.88 Å². The Morgan fingerprint density at radius 1 is 1.22 bits per heavy atom. The maximum absolute atomic E-state index is 13.5. The minimum atomic E-state index is -3.97. The number of halogens is 2. The number of imidazole rings is 1. The molecule has 170 valence electrons. The van der Waals surface area contributed by atoms with Gasteiger partial charge in [-0.1, -0.05) is 11.3 Å². The molecule has 1 fully saturated rings. The van der Waals surface area contributed by atoms with Crippen molar-refractivity contribution in [3.05, 3.63) is 47.9 Å². The van der Waals surface area contributed by atoms with Crippen molar-refractivity contribution in [2.45, 2.75) is 24.7 Å². The molecule has 0 unspecified atom stereocenters. The second-order valence-electron chi connectivity index (χ2n) is 7.54. The van der Waals surface area contributed by atoms with Crippen LogP contribution in [0.4, 0.5) is 13.9 Å². The van der Waals surface area contributed by atoms with Crippen molar-refractivity contribution in [3.8, 4) is 10.7 Å². The number of thiazole rings is 1. The van der Waals surface area contributed by atoms with Crippen LogP contribution in [0, 0.1) is 24.5 Å². The Bertz CT molecular complexity index is 1260. The molecular formula is C20H21F2N5O3S2. The van der Waals surface area contributed by atoms with Crippen LogP contribution in [0.2, 0.25) is 0 Å². The summed E-state index contributed by atoms with van der Waals surface area (Å²) in [6.45, 7) is 2.06. The van der Waals surface area contributed by atoms with E-state index in [1.807, 2.05) is 24.7 Å². The van der Waals surface area contributed by atoms with Gasteiger partial charge >= 0.3 is 0 Å². The molecule has 8 nitrogen and oxygen atoms in total. The van der Waals surface area contributed by atoms with Gasteiger partial charge in [0.05, 0.1) is 15.5 Å². The van der Waals surface area contributed by atoms with Crippen molar-refractivity contribution in [3.63, 3.8) is 0 Å². The third-order valence-corrected chi connectivity index (χ3v) is 8.37. The normalized spacial score (nSPS) is 15.8. The van der Waals surface area contributed by atoms with Crippen LogP contribution in [-0.4, -0.2) is 46.3 Å². The summed E-state index contributed by atoms with van der Waals surface area (Å²) in [5.41, 5.74) is 0.757. The average molecular weight is 482 g/mol. The number of carbonyl (C=O) groups is 1. The van der Waals surface area contributed by atoms with Gasteiger partial charge in [0, 0.05) is 38.4 Å². The van der Waals surface area contributed by atoms with Crippen molar-refractivity contribution in [2.75, 3.05) is 18.4 Å². The Labute approximate surface area is 188 Å². The van der Waals surface area contributed by atoms with Gasteiger partial charge in [-0.2, -0.15) is 4.31 Å². The maximum Gasteiger partial charge on any atom is 0.243 e. The van der Waals surface area contributed by atoms with Gasteiger partial charge in [-0.05, 0) is 38.0 Å². The standard InChI is InChI=1S/C20H21F2N5O3S2/c1-12-17(18-23-7-10-26(18)2)31-20(24-12)25-19(28)13-5-8-27(9-6-13)32(29,30)14-3-4-15(21)16(22)11-14/h3-4,7,10-11,13H,5-6,8-9H2,1-2H3,(H,24,25,28). The average Bonchev–Trinajstić information content (AvgIpc) is 3.34. The van der Waals surface area contributed by atoms with E-state index in [1.54, 1.807) is 6.20 Å². The molecule has 0 saturated carbocycles. The molecule has 1 aliphatic heterocycles. The highest BCUT2D eigenvalue weighted by molar-refractivity contribution is 7.89. The van der Waals surface area contributed by atoms with Gasteiger partial charge in [-0.25, -0.2) is 27.2 Å². The molecule has 32 heavy (non-hydrogen) atoms. The lowest BCUT2D eigenvalue weighted by molar-refractivity contribution is -0.120. The van der Waals surface area contributed by atoms with Crippen molar-refractivity contribution in [1.82, 2.24) is 18.8 Å². The van der Waals surface area contributed by atoms with E-state index in [9.17, 15) is 22.0 Å². The zero-order valence-electron chi connectivity index (χ0n) is 17.4. The summed E-state index contributed by atoms with van der Waals surface area (Å²) in [5, 5.41) is 3.29. The number of rotatable bonds is 5. The second-order valence-corrected chi connectivity index (χ2v) is 10.5. The molecule has 0 atom stereocenters. The van der Waals surface area contributed by atoms with E-state index in [-0.39, 0.29) is 29.8 Å². The highest BCUT2D eigenvalue weighted by Gasteiger charge is 2.33. The van der Waals surface area contributed by atoms with Crippen LogP contribution in [0.3, 0.4) is 0 Å². The number of nitrogens with zero attached hydrogens (tertiary/aromatic N) is 4. The molecule has 0 spiro atoms. The fourth-order valence-corrected chi connectivity index (χ4v) is 6.08. The summed E-state index contributed by atoms with van der Waals surface area (Å²) in [5.74, 6) is -2.18. The SMILES string of the molecule is Cc1nc(NC(=O)C2CCN(S(=O)(=O)c3ccc(F)c(F)c3)CC2)sc1-c1nccn1C. The highest BCUT2D eigenvalue weighted by Crippen LogP contribution is 2.32. The molecule has 1 N–H and O–H groups in total. The first-order valence-corrected chi connectivity index (χ1v) is 12.1. The van der Waals surface area contributed by atoms with E-state index in [2.05, 4.69) is 15.3 Å². The third kappa shape index (κ3) is 4.30. The van der Waals surface area contributed by atoms with E-state index in [4.69, 9.17) is 0 Å². The quantitative estimate of drug-likeness (QED) is 0.604. The monoisotopic (exact) mass is 481 g/mol. The van der Waals surface area contributed by atoms with Gasteiger partial charge in [0.2, 0.25) is 15.9 Å². The minimum Gasteiger partial charge on any atom is -0.333 e. The molecule has 0 bridgehead atoms. The first-order chi connectivity index (χ1) is 15.2. The number of hydrogen-bond donors (Lipinski definition) is 1. The van der Waals surface area contributed by atoms with E-state index >= 15 is 0 Å². The van der Waals surface area contributed by atoms with Gasteiger partial charge in [-0.15, -0.1) is 0 Å². The van der Waals surface area contributed by atoms with Crippen LogP contribution in [0.1, 0.15) is 18.5 Å². The number of sulfonamides is 1. The highest BCUT2D eigenvalue weighted by atomic mass is 32.2. The van der Waals surface area contributed by atoms with Crippen LogP contribution >= 0.6 is 11.3 Å². The summed E-state index contributed by atoms with van der Waals surface area (Å²) >= 11 is 1.33. The zero-order chi connectivity index (χ0) is 23.0. The Balaban J connectivity index is 1.40. The fraction of sp³-hybridized carbons (Fsp3) is 0.350. The van der Waals surface area contributed by atoms with E-state index in [0.29, 0.717) is 24.0 Å². The Kier molecular flexibility index (Phi) is 6.10. The number of aromatic nitrogens is 3. The number of nitrogens with one attached hydrogen (secondary N) is 1. The summed E-state index contributed by atoms with van der Waals surface area (Å²) < 4.78 is 55.1. The van der Waals surface area contributed by atoms with Crippen molar-refractivity contribution in [1.29, 1.82) is 0 Å². The second kappa shape index (κ2) is 8.68. The Morgan fingerprint density at radius 3 is 2.56 bits per heavy atom. The number of piperidine rings is 1. The van der Waals surface area contributed by atoms with Crippen molar-refractivity contribution in [2.24, 2.45) is 13.0 Å². The molecule has 3 heterocycles. The molecule has 3 aromatic rings. The lowest BCUT2D eigenvalue weighted by Gasteiger charge is -2.30. The third-order valence-electron chi connectivity index (χ3n) is 5.40. The number of hydrogen-bond acceptors (Lipinski definition) is 6. The summed E-state index contributed by atoms with van der Waals surface area (Å²) in [6.07, 6.45) is 4.14. The van der Waals surface area contributed by atoms with Gasteiger partial charge in [0.1, 0.15) is 0 Å². The fourth-order valence-electron chi connectivity index (χ4n) is 3.59. The predicted molar refractivity (Wildman–Crippen MR) is 116 cm³/mol. The molecule has 2 aromatic heterocycles. The van der Waals surface area contributed by atoms with E-state index in [1.165, 1.54) is 15.6 Å². The van der Waals surface area contributed by atoms with E-state index in [0.717, 1.165) is 28.5 Å². The summed E-state index contributed by atoms with van der Waals surface area (Å²) in [4.78, 5) is 22.0. The molecule has 1 aromatic carbocycles. The minimum absolute atomic E-state index is 0.106. The molecule has 1 aliphatic rings. The smallest absolute Gasteiger partial charge is 0.243 e. The molecule has 12 heteroatoms. The lowest BCUT2D eigenvalue weighted by Crippen LogP contribution is -2.41.